The van der Waals surface area contributed by atoms with Gasteiger partial charge in [-0.3, -0.25) is 19.9 Å². The number of anilines is 1. The normalized spacial score (nSPS) is 18.6. The van der Waals surface area contributed by atoms with Crippen LogP contribution in [0.2, 0.25) is 0 Å². The number of nitrogens with zero attached hydrogens (tertiary/aromatic N) is 6. The molecule has 7 rings (SSSR count). The average Bonchev–Trinajstić information content (AvgIpc) is 3.98. The van der Waals surface area contributed by atoms with Crippen molar-refractivity contribution in [3.63, 3.8) is 0 Å². The Morgan fingerprint density at radius 2 is 1.38 bits per heavy atom. The number of rotatable bonds is 18. The molecule has 3 aliphatic rings. The van der Waals surface area contributed by atoms with Crippen LogP contribution in [0.25, 0.3) is 11.3 Å². The first kappa shape index (κ1) is 56.8. The first-order valence-corrected chi connectivity index (χ1v) is 24.8. The third kappa shape index (κ3) is 13.9. The third-order valence-corrected chi connectivity index (χ3v) is 14.1. The molecule has 0 aliphatic carbocycles. The minimum absolute atomic E-state index is 0.141. The number of methoxy groups -OCH3 is 2. The van der Waals surface area contributed by atoms with Crippen LogP contribution in [0, 0.1) is 22.7 Å². The van der Waals surface area contributed by atoms with Gasteiger partial charge in [0.15, 0.2) is 0 Å². The Morgan fingerprint density at radius 1 is 0.789 bits per heavy atom. The number of carbonyl (C=O) groups is 4. The number of hydrogen-bond donors (Lipinski definition) is 5. The highest BCUT2D eigenvalue weighted by Crippen LogP contribution is 2.41. The van der Waals surface area contributed by atoms with Crippen LogP contribution in [0.3, 0.4) is 0 Å². The number of hydrogen-bond acceptors (Lipinski definition) is 13. The van der Waals surface area contributed by atoms with E-state index in [9.17, 15) is 46.2 Å². The molecule has 4 amide bonds. The second-order valence-electron chi connectivity index (χ2n) is 20.9. The number of aliphatic hydroxyl groups excluding tert-OH is 1. The van der Waals surface area contributed by atoms with Crippen LogP contribution in [0.5, 0.6) is 0 Å². The second-order valence-corrected chi connectivity index (χ2v) is 20.9. The number of nitrogens with one attached hydrogen (secondary N) is 4. The monoisotopic (exact) mass is 1060 g/mol. The lowest BCUT2D eigenvalue weighted by Gasteiger charge is -2.47. The number of alkyl carbamates (subject to hydrolysis) is 2. The number of fused-ring (bicyclic) bond motifs is 2. The quantitative estimate of drug-likeness (QED) is 0.0455. The summed E-state index contributed by atoms with van der Waals surface area (Å²) in [7, 11) is 2.06. The van der Waals surface area contributed by atoms with Gasteiger partial charge in [-0.15, -0.1) is 0 Å². The van der Waals surface area contributed by atoms with E-state index in [0.29, 0.717) is 50.6 Å². The van der Waals surface area contributed by atoms with E-state index in [0.717, 1.165) is 79.2 Å². The number of alkyl halides is 5. The molecular weight excluding hydrogens is 1000 g/mol. The summed E-state index contributed by atoms with van der Waals surface area (Å²) in [6, 6.07) is 15.2. The fourth-order valence-electron chi connectivity index (χ4n) is 9.52. The minimum atomic E-state index is -5.01. The van der Waals surface area contributed by atoms with Gasteiger partial charge in [0.05, 0.1) is 56.7 Å². The maximum Gasteiger partial charge on any atom is 0.407 e. The highest BCUT2D eigenvalue weighted by molar-refractivity contribution is 5.87. The van der Waals surface area contributed by atoms with Gasteiger partial charge in [-0.25, -0.2) is 24.3 Å². The van der Waals surface area contributed by atoms with Gasteiger partial charge in [-0.05, 0) is 80.0 Å². The van der Waals surface area contributed by atoms with E-state index >= 15 is 0 Å². The molecule has 410 valence electrons. The van der Waals surface area contributed by atoms with E-state index < -0.39 is 78.3 Å². The number of ether oxygens (including phenoxy) is 3. The number of piperazine rings is 1. The number of pyridine rings is 1. The molecule has 18 nitrogen and oxygen atoms in total. The van der Waals surface area contributed by atoms with Gasteiger partial charge in [0.25, 0.3) is 5.91 Å². The number of aliphatic hydroxyl groups is 1. The van der Waals surface area contributed by atoms with Crippen molar-refractivity contribution in [1.29, 1.82) is 0 Å². The first-order chi connectivity index (χ1) is 35.9. The minimum Gasteiger partial charge on any atom is -0.453 e. The lowest BCUT2D eigenvalue weighted by atomic mass is 9.82. The van der Waals surface area contributed by atoms with Gasteiger partial charge in [0, 0.05) is 67.3 Å². The van der Waals surface area contributed by atoms with Gasteiger partial charge in [0.2, 0.25) is 5.91 Å². The molecule has 3 saturated heterocycles. The van der Waals surface area contributed by atoms with E-state index in [-0.39, 0.29) is 18.7 Å². The van der Waals surface area contributed by atoms with Crippen molar-refractivity contribution in [2.75, 3.05) is 52.0 Å². The van der Waals surface area contributed by atoms with Crippen LogP contribution in [0.4, 0.5) is 37.4 Å². The van der Waals surface area contributed by atoms with Crippen molar-refractivity contribution in [2.45, 2.75) is 116 Å². The standard InChI is InChI=1S/C53H65F5N10O8/c1-51(2,3)44(61-49(72)74-6)47(71)64-66(26-35-14-17-36(18-15-35)40-22-23-67(63-40)48(54)55)29-42(69)41(60-46(70)45(62-50(73)75-7)52(4,5)53(56,57)58)24-33-11-8-32(9-12-33)10-13-34-16-21-43(59-25-34)65-27-37-19-20-38(28-65)68(37)39-30-76-31-39/h8-9,11-12,14-18,21-23,25,37-39,41-42,44-45,48,69H,19-20,24,26-31H2,1-7H3,(H,60,70)(H,61,72)(H,62,73)(H,64,71)/t37?,38?,41-,42-,44+,45+/m0/s1. The summed E-state index contributed by atoms with van der Waals surface area (Å²) in [6.07, 6.45) is -3.89. The summed E-state index contributed by atoms with van der Waals surface area (Å²) >= 11 is 0. The van der Waals surface area contributed by atoms with E-state index in [1.807, 2.05) is 17.4 Å². The Morgan fingerprint density at radius 3 is 1.91 bits per heavy atom. The zero-order valence-electron chi connectivity index (χ0n) is 43.4. The molecule has 76 heavy (non-hydrogen) atoms. The molecule has 5 N–H and O–H groups in total. The van der Waals surface area contributed by atoms with Crippen LogP contribution in [0.1, 0.15) is 76.3 Å². The largest absolute Gasteiger partial charge is 0.453 e. The van der Waals surface area contributed by atoms with Crippen molar-refractivity contribution in [3.05, 3.63) is 101 Å². The Kier molecular flexibility index (Phi) is 17.9. The average molecular weight is 1070 g/mol. The Labute approximate surface area is 438 Å². The Balaban J connectivity index is 1.13. The van der Waals surface area contributed by atoms with Gasteiger partial charge < -0.3 is 40.2 Å². The summed E-state index contributed by atoms with van der Waals surface area (Å²) in [5, 5.41) is 24.4. The van der Waals surface area contributed by atoms with Crippen molar-refractivity contribution in [2.24, 2.45) is 10.8 Å². The topological polar surface area (TPSA) is 205 Å². The molecule has 6 atom stereocenters. The fraction of sp³-hybridized carbons (Fsp3) is 0.509. The zero-order valence-corrected chi connectivity index (χ0v) is 43.4. The molecule has 23 heteroatoms. The summed E-state index contributed by atoms with van der Waals surface area (Å²) in [5.41, 5.74) is 2.08. The molecular formula is C53H65F5N10O8. The summed E-state index contributed by atoms with van der Waals surface area (Å²) in [4.78, 5) is 62.7. The molecule has 0 saturated carbocycles. The van der Waals surface area contributed by atoms with Crippen molar-refractivity contribution in [3.8, 4) is 23.1 Å². The van der Waals surface area contributed by atoms with E-state index in [1.54, 1.807) is 75.5 Å². The van der Waals surface area contributed by atoms with Gasteiger partial charge in [0.1, 0.15) is 17.9 Å². The number of halogens is 5. The van der Waals surface area contributed by atoms with Crippen molar-refractivity contribution in [1.82, 2.24) is 46.0 Å². The fourth-order valence-corrected chi connectivity index (χ4v) is 9.52. The number of amides is 4. The van der Waals surface area contributed by atoms with Crippen LogP contribution in [0.15, 0.2) is 79.1 Å². The molecule has 0 spiro atoms. The first-order valence-electron chi connectivity index (χ1n) is 24.8. The smallest absolute Gasteiger partial charge is 0.407 e. The molecule has 5 heterocycles. The molecule has 2 aromatic heterocycles. The predicted molar refractivity (Wildman–Crippen MR) is 269 cm³/mol. The maximum absolute atomic E-state index is 14.6. The predicted octanol–water partition coefficient (Wildman–Crippen LogP) is 5.80. The Bertz CT molecular complexity index is 2690. The van der Waals surface area contributed by atoms with Gasteiger partial charge >= 0.3 is 24.9 Å². The number of aromatic nitrogens is 3. The maximum atomic E-state index is 14.6. The summed E-state index contributed by atoms with van der Waals surface area (Å²) in [5.74, 6) is 5.11. The molecule has 3 aliphatic heterocycles. The molecule has 2 aromatic carbocycles. The number of carbonyl (C=O) groups excluding carboxylic acids is 4. The third-order valence-electron chi connectivity index (χ3n) is 14.1. The van der Waals surface area contributed by atoms with Crippen LogP contribution in [-0.2, 0) is 36.8 Å². The van der Waals surface area contributed by atoms with Crippen molar-refractivity contribution >= 4 is 29.8 Å². The van der Waals surface area contributed by atoms with Crippen molar-refractivity contribution < 1.29 is 60.4 Å². The van der Waals surface area contributed by atoms with Crippen LogP contribution >= 0.6 is 0 Å². The van der Waals surface area contributed by atoms with Crippen LogP contribution in [-0.4, -0.2) is 149 Å². The molecule has 2 unspecified atom stereocenters. The molecule has 4 aromatic rings. The number of hydrazine groups is 1. The Hall–Kier alpha value is -6.87. The zero-order chi connectivity index (χ0) is 55.1. The van der Waals surface area contributed by atoms with E-state index in [4.69, 9.17) is 14.5 Å². The molecule has 3 fully saturated rings. The highest BCUT2D eigenvalue weighted by atomic mass is 19.4. The van der Waals surface area contributed by atoms with Gasteiger partial charge in [-0.2, -0.15) is 27.1 Å². The highest BCUT2D eigenvalue weighted by Gasteiger charge is 2.56. The summed E-state index contributed by atoms with van der Waals surface area (Å²) < 4.78 is 85.6. The SMILES string of the molecule is COC(=O)N[C@H](C(=O)NN(Cc1ccc(-c2ccn(C(F)F)n2)cc1)C[C@H](O)[C@H](Cc1ccc(C#Cc2ccc(N3CC4CCC(C3)N4C3COC3)nc2)cc1)NC(=O)[C@@H](NC(=O)OC)C(C)(C)C(F)(F)F)C(C)(C)C. The number of benzene rings is 2. The van der Waals surface area contributed by atoms with E-state index in [1.165, 1.54) is 11.1 Å². The van der Waals surface area contributed by atoms with Crippen LogP contribution < -0.4 is 26.3 Å². The molecule has 0 radical (unpaired) electrons. The lowest BCUT2D eigenvalue weighted by molar-refractivity contribution is -0.220. The summed E-state index contributed by atoms with van der Waals surface area (Å²) in [6.45, 7) is 6.46. The van der Waals surface area contributed by atoms with E-state index in [2.05, 4.69) is 47.5 Å². The lowest BCUT2D eigenvalue weighted by Crippen LogP contribution is -2.63. The molecule has 2 bridgehead atoms. The van der Waals surface area contributed by atoms with Gasteiger partial charge in [-0.1, -0.05) is 69.0 Å². The second kappa shape index (κ2) is 24.0.